The van der Waals surface area contributed by atoms with Gasteiger partial charge in [0.05, 0.1) is 23.5 Å². The second kappa shape index (κ2) is 11.6. The quantitative estimate of drug-likeness (QED) is 0.232. The first-order valence-electron chi connectivity index (χ1n) is 13.4. The van der Waals surface area contributed by atoms with E-state index in [1.807, 2.05) is 18.6 Å². The molecule has 3 aromatic rings. The number of carbonyl (C=O) groups excluding carboxylic acids is 1. The highest BCUT2D eigenvalue weighted by Crippen LogP contribution is 2.51. The van der Waals surface area contributed by atoms with Crippen LogP contribution in [0.2, 0.25) is 0 Å². The van der Waals surface area contributed by atoms with Gasteiger partial charge in [-0.1, -0.05) is 19.9 Å². The van der Waals surface area contributed by atoms with E-state index in [0.29, 0.717) is 36.6 Å². The van der Waals surface area contributed by atoms with Gasteiger partial charge in [-0.3, -0.25) is 4.79 Å². The van der Waals surface area contributed by atoms with Crippen molar-refractivity contribution in [3.8, 4) is 17.0 Å². The summed E-state index contributed by atoms with van der Waals surface area (Å²) < 4.78 is 48.0. The number of nitrogens with one attached hydrogen (secondary N) is 2. The Morgan fingerprint density at radius 1 is 1.20 bits per heavy atom. The molecule has 0 saturated heterocycles. The maximum absolute atomic E-state index is 14.5. The van der Waals surface area contributed by atoms with Crippen LogP contribution in [0.25, 0.3) is 11.3 Å². The van der Waals surface area contributed by atoms with Gasteiger partial charge in [0.25, 0.3) is 15.9 Å². The van der Waals surface area contributed by atoms with E-state index >= 15 is 0 Å². The van der Waals surface area contributed by atoms with Crippen molar-refractivity contribution < 1.29 is 30.3 Å². The first-order valence-corrected chi connectivity index (χ1v) is 14.8. The Balaban J connectivity index is 0.00000323. The minimum Gasteiger partial charge on any atom is -0.493 e. The molecular weight excluding hydrogens is 549 g/mol. The monoisotopic (exact) mass is 589 g/mol. The SMILES string of the molecule is CC(C)COc1cc(F)cc(-c2ccc(C(=O)NS(=O)(=O)c3cccc(N)n3)c(NCC3(CC(C)(C)O)CC3)n2)c1.[HH].[HH]. The van der Waals surface area contributed by atoms with Crippen LogP contribution in [0, 0.1) is 17.2 Å². The predicted molar refractivity (Wildman–Crippen MR) is 159 cm³/mol. The van der Waals surface area contributed by atoms with Gasteiger partial charge in [-0.15, -0.1) is 0 Å². The number of benzene rings is 1. The number of nitrogen functional groups attached to an aromatic ring is 1. The highest BCUT2D eigenvalue weighted by atomic mass is 32.2. The first kappa shape index (κ1) is 30.2. The van der Waals surface area contributed by atoms with Gasteiger partial charge in [-0.25, -0.2) is 19.1 Å². The molecular formula is C29H40FN5O5S. The number of hydrogen-bond acceptors (Lipinski definition) is 9. The second-order valence-electron chi connectivity index (χ2n) is 11.7. The summed E-state index contributed by atoms with van der Waals surface area (Å²) in [5, 5.41) is 13.2. The number of ether oxygens (including phenoxy) is 1. The third-order valence-corrected chi connectivity index (χ3v) is 7.77. The molecule has 1 aromatic carbocycles. The van der Waals surface area contributed by atoms with Gasteiger partial charge in [0.1, 0.15) is 23.2 Å². The number of carbonyl (C=O) groups is 1. The molecule has 0 unspecified atom stereocenters. The average molecular weight is 590 g/mol. The number of sulfonamides is 1. The molecule has 1 saturated carbocycles. The van der Waals surface area contributed by atoms with Gasteiger partial charge in [0.15, 0.2) is 5.03 Å². The first-order chi connectivity index (χ1) is 19.1. The number of amides is 1. The summed E-state index contributed by atoms with van der Waals surface area (Å²) in [4.78, 5) is 21.7. The number of halogens is 1. The normalized spacial score (nSPS) is 14.5. The Labute approximate surface area is 242 Å². The Kier molecular flexibility index (Phi) is 8.55. The highest BCUT2D eigenvalue weighted by Gasteiger charge is 2.45. The van der Waals surface area contributed by atoms with Crippen LogP contribution >= 0.6 is 0 Å². The molecule has 4 rings (SSSR count). The van der Waals surface area contributed by atoms with E-state index in [4.69, 9.17) is 10.5 Å². The molecule has 2 aromatic heterocycles. The van der Waals surface area contributed by atoms with Crippen molar-refractivity contribution >= 4 is 27.6 Å². The number of rotatable bonds is 12. The Morgan fingerprint density at radius 2 is 1.93 bits per heavy atom. The molecule has 1 aliphatic carbocycles. The van der Waals surface area contributed by atoms with Crippen molar-refractivity contribution in [1.29, 1.82) is 0 Å². The molecule has 0 spiro atoms. The van der Waals surface area contributed by atoms with Crippen LogP contribution in [0.15, 0.2) is 53.6 Å². The van der Waals surface area contributed by atoms with Gasteiger partial charge in [0, 0.05) is 21.0 Å². The Bertz CT molecular complexity index is 1550. The molecule has 0 bridgehead atoms. The van der Waals surface area contributed by atoms with Crippen molar-refractivity contribution in [3.63, 3.8) is 0 Å². The number of anilines is 2. The molecule has 224 valence electrons. The molecule has 0 radical (unpaired) electrons. The molecule has 1 fully saturated rings. The summed E-state index contributed by atoms with van der Waals surface area (Å²) in [6, 6.07) is 11.3. The topological polar surface area (TPSA) is 157 Å². The third-order valence-electron chi connectivity index (χ3n) is 6.53. The maximum atomic E-state index is 14.5. The zero-order valence-electron chi connectivity index (χ0n) is 23.6. The molecule has 12 heteroatoms. The van der Waals surface area contributed by atoms with Crippen LogP contribution in [-0.4, -0.2) is 48.2 Å². The highest BCUT2D eigenvalue weighted by molar-refractivity contribution is 7.90. The number of nitrogens with two attached hydrogens (primary N) is 1. The summed E-state index contributed by atoms with van der Waals surface area (Å²) in [5.41, 5.74) is 5.27. The van der Waals surface area contributed by atoms with Crippen molar-refractivity contribution in [2.24, 2.45) is 11.3 Å². The van der Waals surface area contributed by atoms with E-state index in [2.05, 4.69) is 15.3 Å². The zero-order chi connectivity index (χ0) is 30.0. The summed E-state index contributed by atoms with van der Waals surface area (Å²) in [6.45, 7) is 8.24. The minimum absolute atomic E-state index is 0. The van der Waals surface area contributed by atoms with Crippen LogP contribution in [0.1, 0.15) is 60.2 Å². The fourth-order valence-electron chi connectivity index (χ4n) is 4.59. The van der Waals surface area contributed by atoms with Crippen molar-refractivity contribution in [2.45, 2.75) is 57.6 Å². The van der Waals surface area contributed by atoms with E-state index in [1.54, 1.807) is 19.9 Å². The van der Waals surface area contributed by atoms with Crippen LogP contribution in [-0.2, 0) is 10.0 Å². The van der Waals surface area contributed by atoms with E-state index in [9.17, 15) is 22.7 Å². The lowest BCUT2D eigenvalue weighted by atomic mass is 9.91. The van der Waals surface area contributed by atoms with Crippen LogP contribution in [0.3, 0.4) is 0 Å². The number of hydrogen-bond donors (Lipinski definition) is 4. The number of nitrogens with zero attached hydrogens (tertiary/aromatic N) is 2. The van der Waals surface area contributed by atoms with Gasteiger partial charge in [-0.2, -0.15) is 8.42 Å². The Morgan fingerprint density at radius 3 is 2.56 bits per heavy atom. The Hall–Kier alpha value is -3.77. The lowest BCUT2D eigenvalue weighted by Crippen LogP contribution is -2.33. The van der Waals surface area contributed by atoms with Gasteiger partial charge < -0.3 is 20.9 Å². The molecule has 10 nitrogen and oxygen atoms in total. The van der Waals surface area contributed by atoms with Gasteiger partial charge >= 0.3 is 0 Å². The molecule has 5 N–H and O–H groups in total. The van der Waals surface area contributed by atoms with Crippen LogP contribution in [0.4, 0.5) is 16.0 Å². The largest absolute Gasteiger partial charge is 0.493 e. The molecule has 0 aliphatic heterocycles. The summed E-state index contributed by atoms with van der Waals surface area (Å²) >= 11 is 0. The van der Waals surface area contributed by atoms with E-state index in [1.165, 1.54) is 42.5 Å². The number of aromatic nitrogens is 2. The van der Waals surface area contributed by atoms with Crippen molar-refractivity contribution in [1.82, 2.24) is 14.7 Å². The molecule has 41 heavy (non-hydrogen) atoms. The van der Waals surface area contributed by atoms with Crippen LogP contribution in [0.5, 0.6) is 5.75 Å². The fourth-order valence-corrected chi connectivity index (χ4v) is 5.53. The molecule has 1 amide bonds. The maximum Gasteiger partial charge on any atom is 0.281 e. The smallest absolute Gasteiger partial charge is 0.281 e. The lowest BCUT2D eigenvalue weighted by Gasteiger charge is -2.25. The van der Waals surface area contributed by atoms with Gasteiger partial charge in [0.2, 0.25) is 0 Å². The van der Waals surface area contributed by atoms with E-state index in [-0.39, 0.29) is 31.4 Å². The second-order valence-corrected chi connectivity index (χ2v) is 13.3. The van der Waals surface area contributed by atoms with E-state index < -0.39 is 32.4 Å². The zero-order valence-corrected chi connectivity index (χ0v) is 24.4. The standard InChI is InChI=1S/C29H36FN5O5S.2H2/c1-18(2)15-40-21-13-19(12-20(30)14-21)23-9-8-22(26(33-23)32-17-29(10-11-29)16-28(3,4)37)27(36)35-41(38,39)25-7-5-6-24(31)34-25;;/h5-9,12-14,18,37H,10-11,15-17H2,1-4H3,(H2,31,34)(H,32,33)(H,35,36);2*1H. The van der Waals surface area contributed by atoms with Crippen molar-refractivity contribution in [3.05, 3.63) is 59.9 Å². The molecule has 0 atom stereocenters. The predicted octanol–water partition coefficient (Wildman–Crippen LogP) is 4.86. The third kappa shape index (κ3) is 8.14. The summed E-state index contributed by atoms with van der Waals surface area (Å²) in [6.07, 6.45) is 2.28. The van der Waals surface area contributed by atoms with E-state index in [0.717, 1.165) is 12.8 Å². The number of aliphatic hydroxyl groups is 1. The summed E-state index contributed by atoms with van der Waals surface area (Å²) in [5.74, 6) is -0.750. The summed E-state index contributed by atoms with van der Waals surface area (Å²) in [7, 11) is -4.33. The minimum atomic E-state index is -4.33. The molecule has 2 heterocycles. The van der Waals surface area contributed by atoms with Crippen molar-refractivity contribution in [2.75, 3.05) is 24.2 Å². The molecule has 1 aliphatic rings. The fraction of sp³-hybridized carbons (Fsp3) is 0.414. The van der Waals surface area contributed by atoms with Crippen LogP contribution < -0.4 is 20.5 Å². The number of pyridine rings is 2. The average Bonchev–Trinajstić information content (AvgIpc) is 3.63. The lowest BCUT2D eigenvalue weighted by molar-refractivity contribution is 0.0497. The van der Waals surface area contributed by atoms with Gasteiger partial charge in [-0.05, 0) is 80.8 Å².